The topological polar surface area (TPSA) is 89.4 Å². The molecule has 2 amide bonds. The monoisotopic (exact) mass is 477 g/mol. The number of nitrogens with one attached hydrogen (secondary N) is 1. The van der Waals surface area contributed by atoms with Gasteiger partial charge in [-0.05, 0) is 31.2 Å². The lowest BCUT2D eigenvalue weighted by atomic mass is 10.1. The zero-order valence-corrected chi connectivity index (χ0v) is 18.3. The van der Waals surface area contributed by atoms with E-state index in [0.29, 0.717) is 22.4 Å². The van der Waals surface area contributed by atoms with Crippen molar-refractivity contribution in [1.82, 2.24) is 14.8 Å². The number of benzene rings is 2. The zero-order chi connectivity index (χ0) is 23.7. The van der Waals surface area contributed by atoms with Crippen LogP contribution < -0.4 is 15.0 Å². The lowest BCUT2D eigenvalue weighted by molar-refractivity contribution is -0.121. The van der Waals surface area contributed by atoms with Crippen molar-refractivity contribution < 1.29 is 27.5 Å². The molecule has 0 unspecified atom stereocenters. The molecule has 0 aliphatic carbocycles. The number of amides is 2. The second-order valence-electron chi connectivity index (χ2n) is 7.16. The third-order valence-corrected chi connectivity index (χ3v) is 6.04. The molecule has 1 aliphatic rings. The van der Waals surface area contributed by atoms with Crippen LogP contribution in [0.2, 0.25) is 0 Å². The van der Waals surface area contributed by atoms with E-state index in [4.69, 9.17) is 4.74 Å². The predicted molar refractivity (Wildman–Crippen MR) is 115 cm³/mol. The van der Waals surface area contributed by atoms with Gasteiger partial charge in [-0.3, -0.25) is 14.5 Å². The second kappa shape index (κ2) is 9.14. The summed E-state index contributed by atoms with van der Waals surface area (Å²) in [5.74, 6) is -4.47. The SMILES string of the molecule is C[C@@H](c1nnc(SCC(=O)Nc2ccc(F)c(F)c2F)n1C)N1C(=O)COc2ccccc21. The fraction of sp³-hybridized carbons (Fsp3) is 0.238. The number of ether oxygens (including phenoxy) is 1. The van der Waals surface area contributed by atoms with E-state index in [1.807, 2.05) is 6.07 Å². The highest BCUT2D eigenvalue weighted by Crippen LogP contribution is 2.37. The van der Waals surface area contributed by atoms with Crippen molar-refractivity contribution in [2.75, 3.05) is 22.6 Å². The van der Waals surface area contributed by atoms with Crippen LogP contribution in [0.3, 0.4) is 0 Å². The Balaban J connectivity index is 1.46. The van der Waals surface area contributed by atoms with Gasteiger partial charge in [-0.25, -0.2) is 13.2 Å². The molecule has 1 aliphatic heterocycles. The van der Waals surface area contributed by atoms with E-state index < -0.39 is 35.1 Å². The van der Waals surface area contributed by atoms with Crippen LogP contribution in [0.4, 0.5) is 24.5 Å². The molecule has 3 aromatic rings. The number of carbonyl (C=O) groups is 2. The quantitative estimate of drug-likeness (QED) is 0.432. The molecule has 0 saturated carbocycles. The standard InChI is InChI=1S/C21H18F3N5O3S/c1-11(29-14-5-3-4-6-15(14)32-9-17(29)31)20-26-27-21(28(20)2)33-10-16(30)25-13-8-7-12(22)18(23)19(13)24/h3-8,11H,9-10H2,1-2H3,(H,25,30)/t11-/m0/s1. The number of hydrogen-bond donors (Lipinski definition) is 1. The highest BCUT2D eigenvalue weighted by molar-refractivity contribution is 7.99. The Morgan fingerprint density at radius 3 is 2.73 bits per heavy atom. The van der Waals surface area contributed by atoms with Gasteiger partial charge in [-0.15, -0.1) is 10.2 Å². The number of halogens is 3. The molecule has 0 radical (unpaired) electrons. The summed E-state index contributed by atoms with van der Waals surface area (Å²) >= 11 is 1.02. The Labute approximate surface area is 190 Å². The maximum Gasteiger partial charge on any atom is 0.265 e. The number of fused-ring (bicyclic) bond motifs is 1. The molecule has 0 spiro atoms. The molecule has 172 valence electrons. The van der Waals surface area contributed by atoms with Gasteiger partial charge >= 0.3 is 0 Å². The molecule has 1 aromatic heterocycles. The summed E-state index contributed by atoms with van der Waals surface area (Å²) < 4.78 is 47.2. The number of nitrogens with zero attached hydrogens (tertiary/aromatic N) is 4. The van der Waals surface area contributed by atoms with E-state index in [0.717, 1.165) is 23.9 Å². The van der Waals surface area contributed by atoms with Crippen molar-refractivity contribution in [2.45, 2.75) is 18.1 Å². The van der Waals surface area contributed by atoms with E-state index in [-0.39, 0.29) is 18.3 Å². The van der Waals surface area contributed by atoms with Crippen molar-refractivity contribution in [3.63, 3.8) is 0 Å². The van der Waals surface area contributed by atoms with Gasteiger partial charge in [0.1, 0.15) is 5.75 Å². The van der Waals surface area contributed by atoms with Gasteiger partial charge in [-0.2, -0.15) is 0 Å². The highest BCUT2D eigenvalue weighted by Gasteiger charge is 2.32. The van der Waals surface area contributed by atoms with E-state index >= 15 is 0 Å². The Kier molecular flexibility index (Phi) is 6.27. The molecule has 33 heavy (non-hydrogen) atoms. The van der Waals surface area contributed by atoms with Crippen LogP contribution in [0.1, 0.15) is 18.8 Å². The van der Waals surface area contributed by atoms with Crippen LogP contribution in [-0.2, 0) is 16.6 Å². The summed E-state index contributed by atoms with van der Waals surface area (Å²) in [6.07, 6.45) is 0. The predicted octanol–water partition coefficient (Wildman–Crippen LogP) is 3.45. The second-order valence-corrected chi connectivity index (χ2v) is 8.10. The van der Waals surface area contributed by atoms with Crippen LogP contribution in [0.5, 0.6) is 5.75 Å². The number of anilines is 2. The first kappa shape index (κ1) is 22.6. The lowest BCUT2D eigenvalue weighted by Crippen LogP contribution is -2.41. The van der Waals surface area contributed by atoms with Crippen molar-refractivity contribution in [3.8, 4) is 5.75 Å². The van der Waals surface area contributed by atoms with Gasteiger partial charge in [0, 0.05) is 7.05 Å². The molecule has 2 heterocycles. The van der Waals surface area contributed by atoms with Crippen molar-refractivity contribution >= 4 is 35.0 Å². The average Bonchev–Trinajstić information content (AvgIpc) is 3.18. The van der Waals surface area contributed by atoms with Crippen molar-refractivity contribution in [2.24, 2.45) is 7.05 Å². The molecular weight excluding hydrogens is 459 g/mol. The van der Waals surface area contributed by atoms with E-state index in [1.165, 1.54) is 0 Å². The third kappa shape index (κ3) is 4.38. The molecule has 4 rings (SSSR count). The minimum absolute atomic E-state index is 0.0957. The molecule has 0 bridgehead atoms. The summed E-state index contributed by atoms with van der Waals surface area (Å²) in [4.78, 5) is 26.3. The number of rotatable bonds is 6. The molecule has 2 aromatic carbocycles. The smallest absolute Gasteiger partial charge is 0.265 e. The zero-order valence-electron chi connectivity index (χ0n) is 17.5. The summed E-state index contributed by atoms with van der Waals surface area (Å²) in [7, 11) is 1.69. The Hall–Kier alpha value is -3.54. The maximum absolute atomic E-state index is 13.8. The van der Waals surface area contributed by atoms with Gasteiger partial charge in [-0.1, -0.05) is 23.9 Å². The highest BCUT2D eigenvalue weighted by atomic mass is 32.2. The first-order valence-electron chi connectivity index (χ1n) is 9.77. The van der Waals surface area contributed by atoms with Crippen LogP contribution >= 0.6 is 11.8 Å². The summed E-state index contributed by atoms with van der Waals surface area (Å²) in [6.45, 7) is 1.71. The van der Waals surface area contributed by atoms with Gasteiger partial charge in [0.25, 0.3) is 5.91 Å². The van der Waals surface area contributed by atoms with E-state index in [1.54, 1.807) is 41.6 Å². The Morgan fingerprint density at radius 2 is 1.94 bits per heavy atom. The molecule has 0 fully saturated rings. The van der Waals surface area contributed by atoms with E-state index in [9.17, 15) is 22.8 Å². The van der Waals surface area contributed by atoms with Crippen LogP contribution in [-0.4, -0.2) is 38.9 Å². The normalized spacial score (nSPS) is 14.0. The van der Waals surface area contributed by atoms with Crippen molar-refractivity contribution in [3.05, 3.63) is 59.7 Å². The summed E-state index contributed by atoms with van der Waals surface area (Å²) in [5.41, 5.74) is 0.155. The first-order chi connectivity index (χ1) is 15.8. The number of thioether (sulfide) groups is 1. The van der Waals surface area contributed by atoms with Crippen molar-refractivity contribution in [1.29, 1.82) is 0 Å². The number of aromatic nitrogens is 3. The van der Waals surface area contributed by atoms with Gasteiger partial charge in [0.05, 0.1) is 23.2 Å². The number of para-hydroxylation sites is 2. The summed E-state index contributed by atoms with van der Waals surface area (Å²) in [5, 5.41) is 10.8. The van der Waals surface area contributed by atoms with Gasteiger partial charge in [0.15, 0.2) is 35.0 Å². The molecule has 1 atom stereocenters. The molecule has 8 nitrogen and oxygen atoms in total. The molecular formula is C21H18F3N5O3S. The number of carbonyl (C=O) groups excluding carboxylic acids is 2. The molecule has 12 heteroatoms. The molecule has 1 N–H and O–H groups in total. The van der Waals surface area contributed by atoms with E-state index in [2.05, 4.69) is 15.5 Å². The minimum Gasteiger partial charge on any atom is -0.482 e. The Bertz CT molecular complexity index is 1240. The van der Waals surface area contributed by atoms with Crippen LogP contribution in [0.25, 0.3) is 0 Å². The minimum atomic E-state index is -1.66. The fourth-order valence-electron chi connectivity index (χ4n) is 3.42. The van der Waals surface area contributed by atoms with Gasteiger partial charge in [0.2, 0.25) is 5.91 Å². The first-order valence-corrected chi connectivity index (χ1v) is 10.8. The Morgan fingerprint density at radius 1 is 1.18 bits per heavy atom. The van der Waals surface area contributed by atoms with Crippen LogP contribution in [0, 0.1) is 17.5 Å². The maximum atomic E-state index is 13.8. The van der Waals surface area contributed by atoms with Crippen LogP contribution in [0.15, 0.2) is 41.6 Å². The fourth-order valence-corrected chi connectivity index (χ4v) is 4.13. The molecule has 0 saturated heterocycles. The third-order valence-electron chi connectivity index (χ3n) is 5.02. The lowest BCUT2D eigenvalue weighted by Gasteiger charge is -2.33. The summed E-state index contributed by atoms with van der Waals surface area (Å²) in [6, 6.07) is 8.35. The van der Waals surface area contributed by atoms with Gasteiger partial charge < -0.3 is 14.6 Å². The average molecular weight is 477 g/mol. The number of hydrogen-bond acceptors (Lipinski definition) is 6. The largest absolute Gasteiger partial charge is 0.482 e.